The van der Waals surface area contributed by atoms with Gasteiger partial charge in [0.15, 0.2) is 0 Å². The van der Waals surface area contributed by atoms with E-state index >= 15 is 0 Å². The van der Waals surface area contributed by atoms with Crippen LogP contribution in [-0.2, 0) is 0 Å². The van der Waals surface area contributed by atoms with E-state index in [1.807, 2.05) is 30.0 Å². The molecule has 0 aliphatic rings. The number of benzene rings is 1. The highest BCUT2D eigenvalue weighted by Gasteiger charge is 2.09. The molecule has 0 amide bonds. The van der Waals surface area contributed by atoms with E-state index in [-0.39, 0.29) is 6.04 Å². The lowest BCUT2D eigenvalue weighted by atomic mass is 10.0. The van der Waals surface area contributed by atoms with E-state index in [0.29, 0.717) is 0 Å². The van der Waals surface area contributed by atoms with Crippen LogP contribution in [0.2, 0.25) is 0 Å². The summed E-state index contributed by atoms with van der Waals surface area (Å²) in [5.74, 6) is 3.11. The number of hydrogen-bond acceptors (Lipinski definition) is 3. The van der Waals surface area contributed by atoms with Crippen LogP contribution in [-0.4, -0.2) is 18.1 Å². The summed E-state index contributed by atoms with van der Waals surface area (Å²) in [5.41, 5.74) is 7.16. The molecule has 16 heavy (non-hydrogen) atoms. The molecule has 1 atom stereocenters. The fraction of sp³-hybridized carbons (Fsp3) is 0.538. The van der Waals surface area contributed by atoms with E-state index in [0.717, 1.165) is 35.8 Å². The number of rotatable bonds is 7. The number of thioether (sulfide) groups is 1. The normalized spacial score (nSPS) is 12.4. The summed E-state index contributed by atoms with van der Waals surface area (Å²) >= 11 is 1.89. The van der Waals surface area contributed by atoms with Crippen molar-refractivity contribution in [3.8, 4) is 5.75 Å². The van der Waals surface area contributed by atoms with Gasteiger partial charge >= 0.3 is 0 Å². The number of para-hydroxylation sites is 1. The monoisotopic (exact) mass is 239 g/mol. The van der Waals surface area contributed by atoms with Crippen LogP contribution in [0.15, 0.2) is 24.3 Å². The molecule has 0 aromatic heterocycles. The molecule has 0 heterocycles. The lowest BCUT2D eigenvalue weighted by Crippen LogP contribution is -2.11. The second-order valence-corrected chi connectivity index (χ2v) is 4.99. The molecule has 0 saturated heterocycles. The predicted octanol–water partition coefficient (Wildman–Crippen LogP) is 3.23. The Balaban J connectivity index is 2.57. The molecule has 2 N–H and O–H groups in total. The third-order valence-electron chi connectivity index (χ3n) is 2.45. The molecule has 0 unspecified atom stereocenters. The molecule has 3 heteroatoms. The number of ether oxygens (including phenoxy) is 1. The molecule has 1 rings (SSSR count). The minimum atomic E-state index is 0.0787. The zero-order valence-corrected chi connectivity index (χ0v) is 10.9. The smallest absolute Gasteiger partial charge is 0.124 e. The van der Waals surface area contributed by atoms with E-state index in [1.165, 1.54) is 0 Å². The van der Waals surface area contributed by atoms with Crippen LogP contribution < -0.4 is 10.5 Å². The summed E-state index contributed by atoms with van der Waals surface area (Å²) in [7, 11) is 0. The van der Waals surface area contributed by atoms with Crippen molar-refractivity contribution in [1.82, 2.24) is 0 Å². The van der Waals surface area contributed by atoms with Gasteiger partial charge in [-0.15, -0.1) is 0 Å². The highest BCUT2D eigenvalue weighted by atomic mass is 32.2. The molecule has 0 spiro atoms. The quantitative estimate of drug-likeness (QED) is 0.742. The summed E-state index contributed by atoms with van der Waals surface area (Å²) in [6.07, 6.45) is 0.935. The fourth-order valence-electron chi connectivity index (χ4n) is 1.49. The zero-order chi connectivity index (χ0) is 11.8. The second-order valence-electron chi connectivity index (χ2n) is 3.60. The van der Waals surface area contributed by atoms with Crippen LogP contribution in [0.5, 0.6) is 5.75 Å². The Morgan fingerprint density at radius 3 is 2.75 bits per heavy atom. The zero-order valence-electron chi connectivity index (χ0n) is 10.1. The SMILES string of the molecule is CCSCCOc1ccccc1[C@@H](N)CC. The lowest BCUT2D eigenvalue weighted by molar-refractivity contribution is 0.337. The maximum Gasteiger partial charge on any atom is 0.124 e. The van der Waals surface area contributed by atoms with Gasteiger partial charge in [0, 0.05) is 17.4 Å². The topological polar surface area (TPSA) is 35.2 Å². The Bertz CT molecular complexity index is 304. The average Bonchev–Trinajstić information content (AvgIpc) is 2.34. The summed E-state index contributed by atoms with van der Waals surface area (Å²) in [6.45, 7) is 5.01. The number of hydrogen-bond donors (Lipinski definition) is 1. The van der Waals surface area contributed by atoms with Gasteiger partial charge in [0.1, 0.15) is 5.75 Å². The second kappa shape index (κ2) is 7.58. The van der Waals surface area contributed by atoms with Crippen molar-refractivity contribution in [2.75, 3.05) is 18.1 Å². The first kappa shape index (κ1) is 13.4. The maximum atomic E-state index is 6.04. The minimum absolute atomic E-state index is 0.0787. The van der Waals surface area contributed by atoms with Crippen LogP contribution in [0.3, 0.4) is 0 Å². The minimum Gasteiger partial charge on any atom is -0.492 e. The molecule has 0 saturated carbocycles. The highest BCUT2D eigenvalue weighted by molar-refractivity contribution is 7.99. The van der Waals surface area contributed by atoms with Crippen LogP contribution in [0.1, 0.15) is 31.9 Å². The molecule has 0 fully saturated rings. The molecule has 90 valence electrons. The van der Waals surface area contributed by atoms with Crippen molar-refractivity contribution >= 4 is 11.8 Å². The van der Waals surface area contributed by atoms with Crippen LogP contribution in [0.25, 0.3) is 0 Å². The highest BCUT2D eigenvalue weighted by Crippen LogP contribution is 2.25. The van der Waals surface area contributed by atoms with Crippen molar-refractivity contribution in [2.24, 2.45) is 5.73 Å². The summed E-state index contributed by atoms with van der Waals surface area (Å²) < 4.78 is 5.76. The van der Waals surface area contributed by atoms with Gasteiger partial charge in [-0.3, -0.25) is 0 Å². The molecule has 1 aromatic carbocycles. The Labute approximate surface area is 103 Å². The fourth-order valence-corrected chi connectivity index (χ4v) is 1.98. The molecular weight excluding hydrogens is 218 g/mol. The van der Waals surface area contributed by atoms with Crippen molar-refractivity contribution in [3.63, 3.8) is 0 Å². The third kappa shape index (κ3) is 4.06. The van der Waals surface area contributed by atoms with Gasteiger partial charge in [0.05, 0.1) is 6.61 Å². The van der Waals surface area contributed by atoms with Crippen LogP contribution >= 0.6 is 11.8 Å². The predicted molar refractivity (Wildman–Crippen MR) is 72.2 cm³/mol. The summed E-state index contributed by atoms with van der Waals surface area (Å²) in [5, 5.41) is 0. The first-order valence-electron chi connectivity index (χ1n) is 5.84. The first-order valence-corrected chi connectivity index (χ1v) is 7.00. The molecular formula is C13H21NOS. The van der Waals surface area contributed by atoms with Crippen molar-refractivity contribution in [1.29, 1.82) is 0 Å². The largest absolute Gasteiger partial charge is 0.492 e. The Hall–Kier alpha value is -0.670. The molecule has 0 aliphatic heterocycles. The van der Waals surface area contributed by atoms with Crippen molar-refractivity contribution < 1.29 is 4.74 Å². The van der Waals surface area contributed by atoms with Gasteiger partial charge in [-0.1, -0.05) is 32.0 Å². The maximum absolute atomic E-state index is 6.04. The summed E-state index contributed by atoms with van der Waals surface area (Å²) in [4.78, 5) is 0. The molecule has 0 bridgehead atoms. The van der Waals surface area contributed by atoms with Gasteiger partial charge in [-0.2, -0.15) is 11.8 Å². The van der Waals surface area contributed by atoms with E-state index in [2.05, 4.69) is 19.9 Å². The molecule has 2 nitrogen and oxygen atoms in total. The van der Waals surface area contributed by atoms with Gasteiger partial charge in [0.2, 0.25) is 0 Å². The van der Waals surface area contributed by atoms with Gasteiger partial charge < -0.3 is 10.5 Å². The van der Waals surface area contributed by atoms with E-state index in [9.17, 15) is 0 Å². The van der Waals surface area contributed by atoms with Crippen molar-refractivity contribution in [2.45, 2.75) is 26.3 Å². The third-order valence-corrected chi connectivity index (χ3v) is 3.31. The average molecular weight is 239 g/mol. The van der Waals surface area contributed by atoms with Gasteiger partial charge in [-0.25, -0.2) is 0 Å². The van der Waals surface area contributed by atoms with E-state index in [4.69, 9.17) is 10.5 Å². The number of nitrogens with two attached hydrogens (primary N) is 1. The Kier molecular flexibility index (Phi) is 6.34. The van der Waals surface area contributed by atoms with Crippen LogP contribution in [0.4, 0.5) is 0 Å². The Morgan fingerprint density at radius 2 is 2.06 bits per heavy atom. The molecule has 0 aliphatic carbocycles. The lowest BCUT2D eigenvalue weighted by Gasteiger charge is -2.15. The standard InChI is InChI=1S/C13H21NOS/c1-3-12(14)11-7-5-6-8-13(11)15-9-10-16-4-2/h5-8,12H,3-4,9-10,14H2,1-2H3/t12-/m0/s1. The van der Waals surface area contributed by atoms with E-state index in [1.54, 1.807) is 0 Å². The molecule has 0 radical (unpaired) electrons. The van der Waals surface area contributed by atoms with Crippen LogP contribution in [0, 0.1) is 0 Å². The summed E-state index contributed by atoms with van der Waals surface area (Å²) in [6, 6.07) is 8.14. The Morgan fingerprint density at radius 1 is 1.31 bits per heavy atom. The van der Waals surface area contributed by atoms with Gasteiger partial charge in [0.25, 0.3) is 0 Å². The van der Waals surface area contributed by atoms with E-state index < -0.39 is 0 Å². The van der Waals surface area contributed by atoms with Gasteiger partial charge in [-0.05, 0) is 18.2 Å². The van der Waals surface area contributed by atoms with Crippen molar-refractivity contribution in [3.05, 3.63) is 29.8 Å². The molecule has 1 aromatic rings. The first-order chi connectivity index (χ1) is 7.79.